The lowest BCUT2D eigenvalue weighted by molar-refractivity contribution is -0.134. The molecule has 9 heteroatoms. The average Bonchev–Trinajstić information content (AvgIpc) is 2.72. The number of allylic oxidation sites excluding steroid dienone is 1. The number of aliphatic imine (C=N–C) groups is 1. The second kappa shape index (κ2) is 10.5. The van der Waals surface area contributed by atoms with Gasteiger partial charge in [-0.1, -0.05) is 50.3 Å². The molecule has 30 heavy (non-hydrogen) atoms. The fraction of sp³-hybridized carbons (Fsp3) is 0.476. The third-order valence-electron chi connectivity index (χ3n) is 5.36. The lowest BCUT2D eigenvalue weighted by Gasteiger charge is -2.32. The summed E-state index contributed by atoms with van der Waals surface area (Å²) in [5, 5.41) is 34.3. The van der Waals surface area contributed by atoms with E-state index in [1.165, 1.54) is 6.92 Å². The van der Waals surface area contributed by atoms with Crippen molar-refractivity contribution >= 4 is 25.1 Å². The van der Waals surface area contributed by atoms with Crippen LogP contribution in [0, 0.1) is 5.92 Å². The van der Waals surface area contributed by atoms with E-state index in [-0.39, 0.29) is 12.5 Å². The molecule has 1 aliphatic rings. The molecule has 0 bridgehead atoms. The summed E-state index contributed by atoms with van der Waals surface area (Å²) in [6.07, 6.45) is 4.27. The van der Waals surface area contributed by atoms with Gasteiger partial charge in [0.15, 0.2) is 5.54 Å². The molecule has 2 rings (SSSR count). The van der Waals surface area contributed by atoms with Crippen LogP contribution in [0.1, 0.15) is 32.8 Å². The third kappa shape index (κ3) is 5.56. The minimum Gasteiger partial charge on any atom is -0.427 e. The zero-order valence-electron chi connectivity index (χ0n) is 17.5. The van der Waals surface area contributed by atoms with E-state index in [0.29, 0.717) is 12.0 Å². The molecule has 0 radical (unpaired) electrons. The summed E-state index contributed by atoms with van der Waals surface area (Å²) in [4.78, 5) is 30.4. The number of carbonyl (C=O) groups excluding carboxylic acids is 2. The predicted octanol–water partition coefficient (Wildman–Crippen LogP) is 0.393. The van der Waals surface area contributed by atoms with Crippen molar-refractivity contribution in [3.05, 3.63) is 48.0 Å². The van der Waals surface area contributed by atoms with Gasteiger partial charge in [-0.15, -0.1) is 0 Å². The molecular weight excluding hydrogens is 385 g/mol. The number of nitrogens with one attached hydrogen (secondary N) is 2. The Bertz CT molecular complexity index is 774. The summed E-state index contributed by atoms with van der Waals surface area (Å²) in [6.45, 7) is 5.02. The van der Waals surface area contributed by atoms with Crippen molar-refractivity contribution in [2.75, 3.05) is 6.54 Å². The standard InChI is InChI=1S/C21H30BN3O5/c1-14(2)17(22(29)30)13-23-19(27)18(15(3)26)25-20(28)21(11-7-8-12-24-21)16-9-5-4-6-10-16/h4-10,12,14-15,17-18,26,29-30H,11,13H2,1-3H3,(H,23,27)(H,25,28)/t15-,17+,18+,21?/m1/s1. The SMILES string of the molecule is CC(C)[C@H](CNC(=O)[C@@H](NC(=O)C1(c2ccccc2)CC=CC=N1)[C@@H](C)O)B(O)O. The number of amides is 2. The molecule has 1 aliphatic heterocycles. The fourth-order valence-corrected chi connectivity index (χ4v) is 3.39. The number of aliphatic hydroxyl groups excluding tert-OH is 1. The molecule has 0 spiro atoms. The lowest BCUT2D eigenvalue weighted by Crippen LogP contribution is -2.57. The predicted molar refractivity (Wildman–Crippen MR) is 116 cm³/mol. The molecule has 1 aromatic carbocycles. The maximum absolute atomic E-state index is 13.3. The van der Waals surface area contributed by atoms with Gasteiger partial charge in [-0.3, -0.25) is 14.6 Å². The van der Waals surface area contributed by atoms with Crippen molar-refractivity contribution in [3.8, 4) is 0 Å². The van der Waals surface area contributed by atoms with Gasteiger partial charge in [-0.25, -0.2) is 0 Å². The van der Waals surface area contributed by atoms with Gasteiger partial charge in [0.1, 0.15) is 6.04 Å². The Morgan fingerprint density at radius 1 is 1.20 bits per heavy atom. The summed E-state index contributed by atoms with van der Waals surface area (Å²) in [7, 11) is -1.59. The Balaban J connectivity index is 2.18. The third-order valence-corrected chi connectivity index (χ3v) is 5.36. The van der Waals surface area contributed by atoms with Crippen LogP contribution in [-0.4, -0.2) is 59.0 Å². The Hall–Kier alpha value is -2.49. The quantitative estimate of drug-likeness (QED) is 0.373. The first kappa shape index (κ1) is 23.8. The summed E-state index contributed by atoms with van der Waals surface area (Å²) in [5.41, 5.74) is -0.554. The summed E-state index contributed by atoms with van der Waals surface area (Å²) >= 11 is 0. The van der Waals surface area contributed by atoms with Crippen LogP contribution in [0.4, 0.5) is 0 Å². The number of dihydropyridines is 1. The number of hydrogen-bond acceptors (Lipinski definition) is 6. The highest BCUT2D eigenvalue weighted by atomic mass is 16.4. The molecule has 5 N–H and O–H groups in total. The van der Waals surface area contributed by atoms with Crippen LogP contribution in [-0.2, 0) is 15.1 Å². The van der Waals surface area contributed by atoms with Crippen LogP contribution in [0.5, 0.6) is 0 Å². The molecule has 2 amide bonds. The van der Waals surface area contributed by atoms with Crippen LogP contribution in [0.25, 0.3) is 0 Å². The zero-order valence-corrected chi connectivity index (χ0v) is 17.5. The van der Waals surface area contributed by atoms with Gasteiger partial charge in [0.25, 0.3) is 5.91 Å². The molecule has 1 heterocycles. The Labute approximate surface area is 177 Å². The smallest absolute Gasteiger partial charge is 0.427 e. The molecule has 0 aliphatic carbocycles. The molecule has 0 saturated carbocycles. The van der Waals surface area contributed by atoms with E-state index >= 15 is 0 Å². The first-order chi connectivity index (χ1) is 14.2. The normalized spacial score (nSPS) is 21.0. The topological polar surface area (TPSA) is 131 Å². The number of benzene rings is 1. The zero-order chi connectivity index (χ0) is 22.3. The highest BCUT2D eigenvalue weighted by Crippen LogP contribution is 2.32. The van der Waals surface area contributed by atoms with Gasteiger partial charge >= 0.3 is 7.12 Å². The number of aliphatic hydroxyl groups is 1. The minimum absolute atomic E-state index is 0.00201. The van der Waals surface area contributed by atoms with Gasteiger partial charge in [0.05, 0.1) is 6.10 Å². The molecule has 8 nitrogen and oxygen atoms in total. The Kier molecular flexibility index (Phi) is 8.34. The van der Waals surface area contributed by atoms with Crippen molar-refractivity contribution in [2.24, 2.45) is 10.9 Å². The number of carbonyl (C=O) groups is 2. The number of nitrogens with zero attached hydrogens (tertiary/aromatic N) is 1. The van der Waals surface area contributed by atoms with Crippen LogP contribution in [0.3, 0.4) is 0 Å². The first-order valence-electron chi connectivity index (χ1n) is 10.1. The molecule has 162 valence electrons. The molecule has 1 unspecified atom stereocenters. The van der Waals surface area contributed by atoms with E-state index in [1.807, 2.05) is 38.1 Å². The van der Waals surface area contributed by atoms with Crippen molar-refractivity contribution < 1.29 is 24.7 Å². The first-order valence-corrected chi connectivity index (χ1v) is 10.1. The highest BCUT2D eigenvalue weighted by Gasteiger charge is 2.42. The van der Waals surface area contributed by atoms with Crippen molar-refractivity contribution in [3.63, 3.8) is 0 Å². The monoisotopic (exact) mass is 415 g/mol. The maximum Gasteiger partial charge on any atom is 0.456 e. The van der Waals surface area contributed by atoms with E-state index in [4.69, 9.17) is 0 Å². The van der Waals surface area contributed by atoms with Crippen molar-refractivity contribution in [2.45, 2.75) is 50.7 Å². The van der Waals surface area contributed by atoms with E-state index in [9.17, 15) is 24.7 Å². The van der Waals surface area contributed by atoms with E-state index in [0.717, 1.165) is 0 Å². The molecule has 1 aromatic rings. The number of rotatable bonds is 9. The molecule has 0 aromatic heterocycles. The summed E-state index contributed by atoms with van der Waals surface area (Å²) in [5.74, 6) is -1.78. The second-order valence-electron chi connectivity index (χ2n) is 7.90. The number of hydrogen-bond donors (Lipinski definition) is 5. The van der Waals surface area contributed by atoms with Gasteiger partial charge in [0.2, 0.25) is 5.91 Å². The van der Waals surface area contributed by atoms with Gasteiger partial charge < -0.3 is 25.8 Å². The molecule has 0 fully saturated rings. The van der Waals surface area contributed by atoms with E-state index < -0.39 is 42.4 Å². The van der Waals surface area contributed by atoms with E-state index in [2.05, 4.69) is 15.6 Å². The Morgan fingerprint density at radius 3 is 2.37 bits per heavy atom. The Morgan fingerprint density at radius 2 is 1.87 bits per heavy atom. The van der Waals surface area contributed by atoms with Crippen molar-refractivity contribution in [1.29, 1.82) is 0 Å². The average molecular weight is 415 g/mol. The van der Waals surface area contributed by atoms with Gasteiger partial charge in [-0.2, -0.15) is 0 Å². The highest BCUT2D eigenvalue weighted by molar-refractivity contribution is 6.43. The summed E-state index contributed by atoms with van der Waals surface area (Å²) < 4.78 is 0. The molecule has 0 saturated heterocycles. The lowest BCUT2D eigenvalue weighted by atomic mass is 9.66. The van der Waals surface area contributed by atoms with E-state index in [1.54, 1.807) is 24.4 Å². The van der Waals surface area contributed by atoms with Crippen LogP contribution >= 0.6 is 0 Å². The van der Waals surface area contributed by atoms with Crippen molar-refractivity contribution in [1.82, 2.24) is 10.6 Å². The van der Waals surface area contributed by atoms with Gasteiger partial charge in [0, 0.05) is 25.0 Å². The van der Waals surface area contributed by atoms with Crippen LogP contribution < -0.4 is 10.6 Å². The largest absolute Gasteiger partial charge is 0.456 e. The fourth-order valence-electron chi connectivity index (χ4n) is 3.39. The maximum atomic E-state index is 13.3. The molecular formula is C21H30BN3O5. The van der Waals surface area contributed by atoms with Crippen LogP contribution in [0.15, 0.2) is 47.5 Å². The van der Waals surface area contributed by atoms with Crippen LogP contribution in [0.2, 0.25) is 5.82 Å². The second-order valence-corrected chi connectivity index (χ2v) is 7.90. The van der Waals surface area contributed by atoms with Gasteiger partial charge in [-0.05, 0) is 24.5 Å². The molecule has 4 atom stereocenters. The minimum atomic E-state index is -1.59. The summed E-state index contributed by atoms with van der Waals surface area (Å²) in [6, 6.07) is 7.83.